The molecule has 3 N–H and O–H groups in total. The Balaban J connectivity index is 1.46. The van der Waals surface area contributed by atoms with Crippen LogP contribution >= 0.6 is 0 Å². The number of hydrogen-bond donors (Lipinski definition) is 3. The van der Waals surface area contributed by atoms with Gasteiger partial charge in [-0.15, -0.1) is 0 Å². The zero-order chi connectivity index (χ0) is 26.1. The minimum absolute atomic E-state index is 0.0490. The topological polar surface area (TPSA) is 117 Å². The molecular weight excluding hydrogens is 467 g/mol. The summed E-state index contributed by atoms with van der Waals surface area (Å²) in [7, 11) is 1.46. The predicted molar refractivity (Wildman–Crippen MR) is 130 cm³/mol. The molecule has 2 amide bonds. The lowest BCUT2D eigenvalue weighted by Gasteiger charge is -2.54. The summed E-state index contributed by atoms with van der Waals surface area (Å²) >= 11 is 0. The number of aliphatic hydroxyl groups is 1. The van der Waals surface area contributed by atoms with Crippen LogP contribution in [0.1, 0.15) is 68.9 Å². The van der Waals surface area contributed by atoms with Crippen molar-refractivity contribution in [3.63, 3.8) is 0 Å². The van der Waals surface area contributed by atoms with Gasteiger partial charge in [0, 0.05) is 31.3 Å². The van der Waals surface area contributed by atoms with Crippen LogP contribution in [0.2, 0.25) is 0 Å². The average molecular weight is 503 g/mol. The summed E-state index contributed by atoms with van der Waals surface area (Å²) in [4.78, 5) is 28.3. The molecule has 1 aromatic heterocycles. The Morgan fingerprint density at radius 1 is 1.28 bits per heavy atom. The van der Waals surface area contributed by atoms with E-state index in [0.29, 0.717) is 30.4 Å². The fourth-order valence-corrected chi connectivity index (χ4v) is 5.26. The van der Waals surface area contributed by atoms with Crippen LogP contribution in [0, 0.1) is 5.82 Å². The fourth-order valence-electron chi connectivity index (χ4n) is 5.26. The number of likely N-dealkylation sites (tertiary alicyclic amines) is 1. The molecule has 2 heterocycles. The van der Waals surface area contributed by atoms with Gasteiger partial charge in [0.15, 0.2) is 5.69 Å². The highest BCUT2D eigenvalue weighted by atomic mass is 19.1. The summed E-state index contributed by atoms with van der Waals surface area (Å²) in [5.74, 6) is -0.763. The molecule has 2 aromatic rings. The summed E-state index contributed by atoms with van der Waals surface area (Å²) in [6.07, 6.45) is 4.54. The van der Waals surface area contributed by atoms with Crippen molar-refractivity contribution in [1.82, 2.24) is 20.7 Å². The Morgan fingerprint density at radius 3 is 2.58 bits per heavy atom. The Bertz CT molecular complexity index is 1090. The van der Waals surface area contributed by atoms with Gasteiger partial charge in [0.25, 0.3) is 5.91 Å². The molecule has 4 rings (SSSR count). The highest BCUT2D eigenvalue weighted by Gasteiger charge is 2.49. The first-order valence-electron chi connectivity index (χ1n) is 12.3. The number of carbonyl (C=O) groups is 2. The summed E-state index contributed by atoms with van der Waals surface area (Å²) in [5.41, 5.74) is -1.57. The normalized spacial score (nSPS) is 24.0. The SMILES string of the molecule is COc1cc(F)cc(C(C)(C)NC(=O)CC2(NC(=O)c3ccon3)CN(C3CCC(C)(O)CC3)C2)c1. The number of rotatable bonds is 8. The molecule has 0 atom stereocenters. The van der Waals surface area contributed by atoms with E-state index >= 15 is 0 Å². The van der Waals surface area contributed by atoms with E-state index in [4.69, 9.17) is 9.26 Å². The smallest absolute Gasteiger partial charge is 0.273 e. The minimum Gasteiger partial charge on any atom is -0.497 e. The number of methoxy groups -OCH3 is 1. The highest BCUT2D eigenvalue weighted by molar-refractivity contribution is 5.93. The van der Waals surface area contributed by atoms with Gasteiger partial charge in [0.1, 0.15) is 17.8 Å². The van der Waals surface area contributed by atoms with Crippen LogP contribution in [-0.2, 0) is 10.3 Å². The molecule has 2 fully saturated rings. The summed E-state index contributed by atoms with van der Waals surface area (Å²) < 4.78 is 24.1. The summed E-state index contributed by atoms with van der Waals surface area (Å²) in [6.45, 7) is 6.46. The predicted octanol–water partition coefficient (Wildman–Crippen LogP) is 2.74. The van der Waals surface area contributed by atoms with Crippen molar-refractivity contribution in [1.29, 1.82) is 0 Å². The first-order chi connectivity index (χ1) is 16.9. The zero-order valence-electron chi connectivity index (χ0n) is 21.3. The summed E-state index contributed by atoms with van der Waals surface area (Å²) in [6, 6.07) is 6.11. The second-order valence-corrected chi connectivity index (χ2v) is 11.0. The molecule has 0 spiro atoms. The third kappa shape index (κ3) is 5.87. The number of ether oxygens (including phenoxy) is 1. The summed E-state index contributed by atoms with van der Waals surface area (Å²) in [5, 5.41) is 20.0. The van der Waals surface area contributed by atoms with Gasteiger partial charge in [-0.1, -0.05) is 5.16 Å². The molecule has 9 nitrogen and oxygen atoms in total. The fraction of sp³-hybridized carbons (Fsp3) is 0.577. The van der Waals surface area contributed by atoms with E-state index in [2.05, 4.69) is 20.7 Å². The van der Waals surface area contributed by atoms with Crippen LogP contribution in [0.3, 0.4) is 0 Å². The number of halogens is 1. The van der Waals surface area contributed by atoms with Gasteiger partial charge < -0.3 is 25.0 Å². The number of nitrogens with zero attached hydrogens (tertiary/aromatic N) is 2. The van der Waals surface area contributed by atoms with E-state index in [-0.39, 0.29) is 18.0 Å². The van der Waals surface area contributed by atoms with Crippen LogP contribution in [0.25, 0.3) is 0 Å². The Morgan fingerprint density at radius 2 is 1.97 bits per heavy atom. The molecule has 1 aliphatic heterocycles. The molecule has 0 radical (unpaired) electrons. The molecule has 2 aliphatic rings. The second-order valence-electron chi connectivity index (χ2n) is 11.0. The van der Waals surface area contributed by atoms with Gasteiger partial charge in [-0.2, -0.15) is 0 Å². The highest BCUT2D eigenvalue weighted by Crippen LogP contribution is 2.36. The van der Waals surface area contributed by atoms with Gasteiger partial charge in [0.2, 0.25) is 5.91 Å². The van der Waals surface area contributed by atoms with Crippen molar-refractivity contribution >= 4 is 11.8 Å². The van der Waals surface area contributed by atoms with Crippen molar-refractivity contribution < 1.29 is 28.3 Å². The van der Waals surface area contributed by atoms with Crippen molar-refractivity contribution in [2.24, 2.45) is 0 Å². The molecule has 10 heteroatoms. The zero-order valence-corrected chi connectivity index (χ0v) is 21.3. The number of amides is 2. The number of hydrogen-bond acceptors (Lipinski definition) is 7. The molecule has 1 aliphatic carbocycles. The van der Waals surface area contributed by atoms with Gasteiger partial charge in [-0.05, 0) is 64.2 Å². The first-order valence-corrected chi connectivity index (χ1v) is 12.3. The van der Waals surface area contributed by atoms with Crippen LogP contribution in [-0.4, -0.2) is 64.4 Å². The Kier molecular flexibility index (Phi) is 7.12. The molecule has 1 saturated carbocycles. The number of aromatic nitrogens is 1. The first kappa shape index (κ1) is 26.1. The molecule has 0 unspecified atom stereocenters. The van der Waals surface area contributed by atoms with Crippen LogP contribution in [0.15, 0.2) is 35.1 Å². The maximum Gasteiger partial charge on any atom is 0.273 e. The lowest BCUT2D eigenvalue weighted by Crippen LogP contribution is -2.73. The number of nitrogens with one attached hydrogen (secondary N) is 2. The largest absolute Gasteiger partial charge is 0.497 e. The molecular formula is C26H35FN4O5. The van der Waals surface area contributed by atoms with Gasteiger partial charge in [-0.25, -0.2) is 4.39 Å². The Hall–Kier alpha value is -2.98. The molecule has 36 heavy (non-hydrogen) atoms. The van der Waals surface area contributed by atoms with E-state index < -0.39 is 28.4 Å². The van der Waals surface area contributed by atoms with E-state index in [1.807, 2.05) is 6.92 Å². The Labute approximate surface area is 210 Å². The van der Waals surface area contributed by atoms with Crippen molar-refractivity contribution in [3.05, 3.63) is 47.6 Å². The van der Waals surface area contributed by atoms with Crippen LogP contribution in [0.4, 0.5) is 4.39 Å². The van der Waals surface area contributed by atoms with Crippen LogP contribution < -0.4 is 15.4 Å². The van der Waals surface area contributed by atoms with Gasteiger partial charge in [-0.3, -0.25) is 14.5 Å². The average Bonchev–Trinajstić information content (AvgIpc) is 3.31. The molecule has 1 aromatic carbocycles. The van der Waals surface area contributed by atoms with E-state index in [1.165, 1.54) is 31.6 Å². The van der Waals surface area contributed by atoms with Gasteiger partial charge in [0.05, 0.1) is 30.2 Å². The lowest BCUT2D eigenvalue weighted by atomic mass is 9.78. The van der Waals surface area contributed by atoms with Crippen molar-refractivity contribution in [2.45, 2.75) is 75.6 Å². The van der Waals surface area contributed by atoms with Crippen molar-refractivity contribution in [3.8, 4) is 5.75 Å². The van der Waals surface area contributed by atoms with E-state index in [0.717, 1.165) is 25.7 Å². The van der Waals surface area contributed by atoms with Gasteiger partial charge >= 0.3 is 0 Å². The number of carbonyl (C=O) groups excluding carboxylic acids is 2. The van der Waals surface area contributed by atoms with Crippen LogP contribution in [0.5, 0.6) is 5.75 Å². The van der Waals surface area contributed by atoms with E-state index in [9.17, 15) is 19.1 Å². The maximum atomic E-state index is 14.1. The lowest BCUT2D eigenvalue weighted by molar-refractivity contribution is -0.127. The minimum atomic E-state index is -0.873. The molecule has 1 saturated heterocycles. The number of benzene rings is 1. The monoisotopic (exact) mass is 502 g/mol. The van der Waals surface area contributed by atoms with E-state index in [1.54, 1.807) is 19.9 Å². The second kappa shape index (κ2) is 9.82. The third-order valence-corrected chi connectivity index (χ3v) is 7.39. The van der Waals surface area contributed by atoms with Crippen molar-refractivity contribution in [2.75, 3.05) is 20.2 Å². The molecule has 0 bridgehead atoms. The maximum absolute atomic E-state index is 14.1. The molecule has 196 valence electrons. The quantitative estimate of drug-likeness (QED) is 0.508. The third-order valence-electron chi connectivity index (χ3n) is 7.39. The standard InChI is InChI=1S/C26H35FN4O5/c1-24(2,17-11-18(27)13-20(12-17)35-4)28-22(32)14-26(29-23(33)21-7-10-36-30-21)15-31(16-26)19-5-8-25(3,34)9-6-19/h7,10-13,19,34H,5-6,8-9,14-16H2,1-4H3,(H,28,32)(H,29,33).